The normalized spacial score (nSPS) is 12.4. The third-order valence-electron chi connectivity index (χ3n) is 3.73. The lowest BCUT2D eigenvalue weighted by molar-refractivity contribution is -0.150. The van der Waals surface area contributed by atoms with Gasteiger partial charge in [0.05, 0.1) is 4.90 Å². The molecule has 0 unspecified atom stereocenters. The van der Waals surface area contributed by atoms with E-state index in [4.69, 9.17) is 4.74 Å². The summed E-state index contributed by atoms with van der Waals surface area (Å²) >= 11 is 0. The van der Waals surface area contributed by atoms with Gasteiger partial charge in [-0.1, -0.05) is 32.0 Å². The first kappa shape index (κ1) is 21.5. The molecular weight excluding hydrogens is 387 g/mol. The maximum atomic E-state index is 12.9. The summed E-state index contributed by atoms with van der Waals surface area (Å²) in [6.45, 7) is 2.70. The molecule has 0 aliphatic carbocycles. The Morgan fingerprint density at radius 1 is 1.04 bits per heavy atom. The van der Waals surface area contributed by atoms with Gasteiger partial charge < -0.3 is 10.1 Å². The van der Waals surface area contributed by atoms with E-state index in [1.54, 1.807) is 32.0 Å². The first-order valence-electron chi connectivity index (χ1n) is 8.48. The molecule has 0 bridgehead atoms. The van der Waals surface area contributed by atoms with Crippen LogP contribution in [0, 0.1) is 11.7 Å². The Morgan fingerprint density at radius 2 is 1.64 bits per heavy atom. The number of benzene rings is 2. The molecule has 0 aliphatic heterocycles. The van der Waals surface area contributed by atoms with Crippen molar-refractivity contribution in [2.45, 2.75) is 24.8 Å². The Kier molecular flexibility index (Phi) is 7.24. The molecule has 2 rings (SSSR count). The Balaban J connectivity index is 1.97. The van der Waals surface area contributed by atoms with Gasteiger partial charge in [0.15, 0.2) is 6.61 Å². The second kappa shape index (κ2) is 9.43. The lowest BCUT2D eigenvalue weighted by Gasteiger charge is -2.20. The molecule has 2 aromatic rings. The van der Waals surface area contributed by atoms with E-state index in [0.717, 1.165) is 0 Å². The molecule has 0 fully saturated rings. The van der Waals surface area contributed by atoms with Crippen LogP contribution in [0.4, 0.5) is 10.1 Å². The average Bonchev–Trinajstić information content (AvgIpc) is 2.66. The van der Waals surface area contributed by atoms with Crippen molar-refractivity contribution in [1.29, 1.82) is 0 Å². The minimum absolute atomic E-state index is 0.0162. The van der Waals surface area contributed by atoms with Gasteiger partial charge in [-0.05, 0) is 42.3 Å². The van der Waals surface area contributed by atoms with Crippen LogP contribution in [0.1, 0.15) is 13.8 Å². The number of carbonyl (C=O) groups is 2. The maximum absolute atomic E-state index is 12.9. The minimum atomic E-state index is -3.93. The van der Waals surface area contributed by atoms with Gasteiger partial charge in [-0.2, -0.15) is 4.72 Å². The van der Waals surface area contributed by atoms with Gasteiger partial charge in [0, 0.05) is 5.69 Å². The van der Waals surface area contributed by atoms with Crippen LogP contribution in [0.3, 0.4) is 0 Å². The number of rotatable bonds is 8. The van der Waals surface area contributed by atoms with E-state index in [2.05, 4.69) is 10.0 Å². The number of halogens is 1. The van der Waals surface area contributed by atoms with Gasteiger partial charge >= 0.3 is 5.97 Å². The number of anilines is 1. The summed E-state index contributed by atoms with van der Waals surface area (Å²) in [6, 6.07) is 11.5. The Labute approximate surface area is 163 Å². The summed E-state index contributed by atoms with van der Waals surface area (Å²) < 4.78 is 45.0. The molecule has 0 aromatic heterocycles. The van der Waals surface area contributed by atoms with E-state index < -0.39 is 46.3 Å². The number of amides is 1. The summed E-state index contributed by atoms with van der Waals surface area (Å²) in [7, 11) is -3.93. The van der Waals surface area contributed by atoms with Crippen LogP contribution >= 0.6 is 0 Å². The standard InChI is InChI=1S/C19H21FN2O5S/c1-13(2)18(22-28(25,26)16-6-4-3-5-7-16)19(24)27-12-17(23)21-15-10-8-14(20)9-11-15/h3-11,13,18,22H,12H2,1-2H3,(H,21,23)/t18-/m0/s1. The molecule has 2 aromatic carbocycles. The summed E-state index contributed by atoms with van der Waals surface area (Å²) in [6.07, 6.45) is 0. The molecule has 7 nitrogen and oxygen atoms in total. The fourth-order valence-corrected chi connectivity index (χ4v) is 3.60. The van der Waals surface area contributed by atoms with Crippen molar-refractivity contribution in [2.75, 3.05) is 11.9 Å². The maximum Gasteiger partial charge on any atom is 0.324 e. The van der Waals surface area contributed by atoms with Crippen molar-refractivity contribution in [1.82, 2.24) is 4.72 Å². The first-order chi connectivity index (χ1) is 13.2. The van der Waals surface area contributed by atoms with Crippen molar-refractivity contribution >= 4 is 27.6 Å². The summed E-state index contributed by atoms with van der Waals surface area (Å²) in [4.78, 5) is 24.2. The van der Waals surface area contributed by atoms with Crippen LogP contribution in [0.25, 0.3) is 0 Å². The van der Waals surface area contributed by atoms with E-state index in [0.29, 0.717) is 5.69 Å². The fourth-order valence-electron chi connectivity index (χ4n) is 2.25. The van der Waals surface area contributed by atoms with Crippen LogP contribution in [-0.2, 0) is 24.3 Å². The van der Waals surface area contributed by atoms with Crippen LogP contribution in [-0.4, -0.2) is 32.9 Å². The highest BCUT2D eigenvalue weighted by Crippen LogP contribution is 2.13. The van der Waals surface area contributed by atoms with E-state index in [1.807, 2.05) is 0 Å². The zero-order valence-electron chi connectivity index (χ0n) is 15.4. The number of hydrogen-bond acceptors (Lipinski definition) is 5. The molecule has 2 N–H and O–H groups in total. The van der Waals surface area contributed by atoms with Gasteiger partial charge in [0.2, 0.25) is 10.0 Å². The third-order valence-corrected chi connectivity index (χ3v) is 5.19. The van der Waals surface area contributed by atoms with Crippen molar-refractivity contribution < 1.29 is 27.1 Å². The highest BCUT2D eigenvalue weighted by atomic mass is 32.2. The minimum Gasteiger partial charge on any atom is -0.454 e. The van der Waals surface area contributed by atoms with Gasteiger partial charge in [0.25, 0.3) is 5.91 Å². The van der Waals surface area contributed by atoms with Crippen molar-refractivity contribution in [3.63, 3.8) is 0 Å². The van der Waals surface area contributed by atoms with E-state index in [1.165, 1.54) is 36.4 Å². The molecule has 150 valence electrons. The molecule has 28 heavy (non-hydrogen) atoms. The largest absolute Gasteiger partial charge is 0.454 e. The van der Waals surface area contributed by atoms with Gasteiger partial charge in [-0.3, -0.25) is 9.59 Å². The number of ether oxygens (including phenoxy) is 1. The molecule has 0 aliphatic rings. The predicted octanol–water partition coefficient (Wildman–Crippen LogP) is 2.31. The molecule has 0 saturated carbocycles. The SMILES string of the molecule is CC(C)[C@H](NS(=O)(=O)c1ccccc1)C(=O)OCC(=O)Nc1ccc(F)cc1. The lowest BCUT2D eigenvalue weighted by atomic mass is 10.1. The van der Waals surface area contributed by atoms with Gasteiger partial charge in [-0.25, -0.2) is 12.8 Å². The Hall–Kier alpha value is -2.78. The summed E-state index contributed by atoms with van der Waals surface area (Å²) in [5.41, 5.74) is 0.340. The number of carbonyl (C=O) groups excluding carboxylic acids is 2. The fraction of sp³-hybridized carbons (Fsp3) is 0.263. The summed E-state index contributed by atoms with van der Waals surface area (Å²) in [5.74, 6) is -2.36. The lowest BCUT2D eigenvalue weighted by Crippen LogP contribution is -2.45. The topological polar surface area (TPSA) is 102 Å². The zero-order chi connectivity index (χ0) is 20.7. The number of nitrogens with one attached hydrogen (secondary N) is 2. The van der Waals surface area contributed by atoms with Crippen LogP contribution < -0.4 is 10.0 Å². The highest BCUT2D eigenvalue weighted by Gasteiger charge is 2.30. The monoisotopic (exact) mass is 408 g/mol. The molecule has 1 atom stereocenters. The van der Waals surface area contributed by atoms with Crippen LogP contribution in [0.15, 0.2) is 59.5 Å². The second-order valence-electron chi connectivity index (χ2n) is 6.32. The Bertz CT molecular complexity index is 915. The van der Waals surface area contributed by atoms with Crippen LogP contribution in [0.2, 0.25) is 0 Å². The third kappa shape index (κ3) is 6.14. The van der Waals surface area contributed by atoms with E-state index >= 15 is 0 Å². The molecule has 1 amide bonds. The Morgan fingerprint density at radius 3 is 2.21 bits per heavy atom. The molecule has 0 spiro atoms. The highest BCUT2D eigenvalue weighted by molar-refractivity contribution is 7.89. The predicted molar refractivity (Wildman–Crippen MR) is 101 cm³/mol. The van der Waals surface area contributed by atoms with Crippen molar-refractivity contribution in [3.05, 3.63) is 60.4 Å². The van der Waals surface area contributed by atoms with Crippen molar-refractivity contribution in [3.8, 4) is 0 Å². The molecule has 0 radical (unpaired) electrons. The average molecular weight is 408 g/mol. The molecule has 0 heterocycles. The van der Waals surface area contributed by atoms with E-state index in [-0.39, 0.29) is 4.90 Å². The van der Waals surface area contributed by atoms with Gasteiger partial charge in [0.1, 0.15) is 11.9 Å². The van der Waals surface area contributed by atoms with E-state index in [9.17, 15) is 22.4 Å². The van der Waals surface area contributed by atoms with Crippen LogP contribution in [0.5, 0.6) is 0 Å². The number of hydrogen-bond donors (Lipinski definition) is 2. The summed E-state index contributed by atoms with van der Waals surface area (Å²) in [5, 5.41) is 2.45. The quantitative estimate of drug-likeness (QED) is 0.653. The van der Waals surface area contributed by atoms with Crippen molar-refractivity contribution in [2.24, 2.45) is 5.92 Å². The molecule has 0 saturated heterocycles. The van der Waals surface area contributed by atoms with Gasteiger partial charge in [-0.15, -0.1) is 0 Å². The number of esters is 1. The smallest absolute Gasteiger partial charge is 0.324 e. The molecular formula is C19H21FN2O5S. The number of sulfonamides is 1. The first-order valence-corrected chi connectivity index (χ1v) is 9.97. The zero-order valence-corrected chi connectivity index (χ0v) is 16.2. The molecule has 9 heteroatoms. The second-order valence-corrected chi connectivity index (χ2v) is 8.03.